The van der Waals surface area contributed by atoms with E-state index in [1.165, 1.54) is 22.5 Å². The summed E-state index contributed by atoms with van der Waals surface area (Å²) in [6, 6.07) is 18.9. The lowest BCUT2D eigenvalue weighted by Crippen LogP contribution is -2.50. The molecule has 1 aliphatic rings. The number of piperazine rings is 1. The van der Waals surface area contributed by atoms with E-state index in [1.807, 2.05) is 30.3 Å². The van der Waals surface area contributed by atoms with Crippen molar-refractivity contribution in [2.75, 3.05) is 26.2 Å². The lowest BCUT2D eigenvalue weighted by Gasteiger charge is -2.34. The number of sulfonamides is 1. The molecule has 38 heavy (non-hydrogen) atoms. The number of carbonyl (C=O) groups excluding carboxylic acids is 1. The first-order valence-electron chi connectivity index (χ1n) is 11.8. The molecule has 1 aliphatic heterocycles. The number of aromatic nitrogens is 2. The summed E-state index contributed by atoms with van der Waals surface area (Å²) < 4.78 is 42.7. The van der Waals surface area contributed by atoms with Gasteiger partial charge in [0.05, 0.1) is 27.8 Å². The molecule has 2 heterocycles. The largest absolute Gasteiger partial charge is 0.340 e. The highest BCUT2D eigenvalue weighted by molar-refractivity contribution is 9.10. The number of benzene rings is 3. The van der Waals surface area contributed by atoms with Gasteiger partial charge in [0.1, 0.15) is 16.5 Å². The summed E-state index contributed by atoms with van der Waals surface area (Å²) in [4.78, 5) is 21.8. The zero-order valence-corrected chi connectivity index (χ0v) is 23.2. The van der Waals surface area contributed by atoms with Crippen molar-refractivity contribution in [1.82, 2.24) is 19.2 Å². The van der Waals surface area contributed by atoms with E-state index in [0.717, 1.165) is 5.56 Å². The summed E-state index contributed by atoms with van der Waals surface area (Å²) in [6.45, 7) is 0.938. The van der Waals surface area contributed by atoms with Crippen molar-refractivity contribution in [2.45, 2.75) is 11.3 Å². The lowest BCUT2D eigenvalue weighted by atomic mass is 10.1. The molecule has 196 valence electrons. The van der Waals surface area contributed by atoms with Crippen LogP contribution in [-0.2, 0) is 21.2 Å². The average Bonchev–Trinajstić information content (AvgIpc) is 3.41. The summed E-state index contributed by atoms with van der Waals surface area (Å²) in [5, 5.41) is 0.0955. The first-order chi connectivity index (χ1) is 18.2. The number of imidazole rings is 1. The highest BCUT2D eigenvalue weighted by Gasteiger charge is 2.32. The fraction of sp³-hybridized carbons (Fsp3) is 0.185. The van der Waals surface area contributed by atoms with Gasteiger partial charge < -0.3 is 9.88 Å². The monoisotopic (exact) mass is 616 g/mol. The standard InChI is InChI=1S/C27H23BrClFN4O3S/c28-21-8-6-19(15-23(21)30)24-17-31-27(32-24)20-7-9-22(29)25(16-20)38(36,37)34-12-10-33(11-13-34)26(35)14-18-4-2-1-3-5-18/h1-9,15-17H,10-14H2,(H,31,32). The van der Waals surface area contributed by atoms with Gasteiger partial charge in [0.2, 0.25) is 15.9 Å². The smallest absolute Gasteiger partial charge is 0.244 e. The molecule has 4 aromatic rings. The second kappa shape index (κ2) is 11.0. The van der Waals surface area contributed by atoms with Gasteiger partial charge in [-0.2, -0.15) is 4.31 Å². The summed E-state index contributed by atoms with van der Waals surface area (Å²) in [5.74, 6) is -0.0132. The van der Waals surface area contributed by atoms with Crippen LogP contribution in [0.5, 0.6) is 0 Å². The third kappa shape index (κ3) is 5.54. The van der Waals surface area contributed by atoms with Crippen LogP contribution >= 0.6 is 27.5 Å². The van der Waals surface area contributed by atoms with Crippen molar-refractivity contribution in [3.63, 3.8) is 0 Å². The third-order valence-electron chi connectivity index (χ3n) is 6.42. The van der Waals surface area contributed by atoms with Gasteiger partial charge in [0, 0.05) is 37.3 Å². The Hall–Kier alpha value is -3.05. The molecule has 11 heteroatoms. The van der Waals surface area contributed by atoms with E-state index in [9.17, 15) is 17.6 Å². The van der Waals surface area contributed by atoms with Crippen LogP contribution in [0.3, 0.4) is 0 Å². The molecule has 0 atom stereocenters. The van der Waals surface area contributed by atoms with Crippen LogP contribution in [0.2, 0.25) is 5.02 Å². The Morgan fingerprint density at radius 3 is 2.42 bits per heavy atom. The van der Waals surface area contributed by atoms with Gasteiger partial charge in [0.25, 0.3) is 0 Å². The highest BCUT2D eigenvalue weighted by atomic mass is 79.9. The number of amides is 1. The molecular formula is C27H23BrClFN4O3S. The molecule has 1 aromatic heterocycles. The van der Waals surface area contributed by atoms with Crippen molar-refractivity contribution in [1.29, 1.82) is 0 Å². The maximum Gasteiger partial charge on any atom is 0.244 e. The number of H-pyrrole nitrogens is 1. The number of nitrogens with zero attached hydrogens (tertiary/aromatic N) is 3. The molecular weight excluding hydrogens is 595 g/mol. The Balaban J connectivity index is 1.32. The molecule has 1 amide bonds. The first kappa shape index (κ1) is 26.6. The Kier molecular flexibility index (Phi) is 7.67. The van der Waals surface area contributed by atoms with Crippen molar-refractivity contribution in [2.24, 2.45) is 0 Å². The summed E-state index contributed by atoms with van der Waals surface area (Å²) >= 11 is 9.48. The number of hydrogen-bond donors (Lipinski definition) is 1. The summed E-state index contributed by atoms with van der Waals surface area (Å²) in [5.41, 5.74) is 2.63. The van der Waals surface area contributed by atoms with Crippen molar-refractivity contribution in [3.05, 3.63) is 93.8 Å². The molecule has 1 fully saturated rings. The molecule has 5 rings (SSSR count). The zero-order valence-electron chi connectivity index (χ0n) is 20.1. The Bertz CT molecular complexity index is 1590. The van der Waals surface area contributed by atoms with Gasteiger partial charge in [-0.05, 0) is 51.8 Å². The van der Waals surface area contributed by atoms with Crippen molar-refractivity contribution >= 4 is 43.5 Å². The minimum atomic E-state index is -3.92. The molecule has 1 N–H and O–H groups in total. The van der Waals surface area contributed by atoms with Gasteiger partial charge in [-0.3, -0.25) is 4.79 Å². The van der Waals surface area contributed by atoms with E-state index in [2.05, 4.69) is 25.9 Å². The Morgan fingerprint density at radius 2 is 1.71 bits per heavy atom. The summed E-state index contributed by atoms with van der Waals surface area (Å²) in [7, 11) is -3.92. The van der Waals surface area contributed by atoms with Crippen LogP contribution in [0, 0.1) is 5.82 Å². The van der Waals surface area contributed by atoms with Crippen LogP contribution < -0.4 is 0 Å². The molecule has 0 saturated carbocycles. The number of aromatic amines is 1. The molecule has 7 nitrogen and oxygen atoms in total. The lowest BCUT2D eigenvalue weighted by molar-refractivity contribution is -0.131. The normalized spacial score (nSPS) is 14.6. The SMILES string of the molecule is O=C(Cc1ccccc1)N1CCN(S(=O)(=O)c2cc(-c3ncc(-c4ccc(Br)c(F)c4)[nH]3)ccc2Cl)CC1. The van der Waals surface area contributed by atoms with Crippen LogP contribution in [-0.4, -0.2) is 59.7 Å². The van der Waals surface area contributed by atoms with Crippen LogP contribution in [0.1, 0.15) is 5.56 Å². The minimum Gasteiger partial charge on any atom is -0.340 e. The van der Waals surface area contributed by atoms with Crippen LogP contribution in [0.4, 0.5) is 4.39 Å². The molecule has 0 aliphatic carbocycles. The summed E-state index contributed by atoms with van der Waals surface area (Å²) in [6.07, 6.45) is 1.84. The quantitative estimate of drug-likeness (QED) is 0.315. The molecule has 0 spiro atoms. The van der Waals surface area contributed by atoms with Crippen molar-refractivity contribution in [3.8, 4) is 22.6 Å². The third-order valence-corrected chi connectivity index (χ3v) is 9.44. The van der Waals surface area contributed by atoms with Crippen LogP contribution in [0.15, 0.2) is 82.3 Å². The van der Waals surface area contributed by atoms with Gasteiger partial charge in [-0.1, -0.05) is 48.0 Å². The minimum absolute atomic E-state index is 0.0339. The predicted molar refractivity (Wildman–Crippen MR) is 148 cm³/mol. The first-order valence-corrected chi connectivity index (χ1v) is 14.5. The van der Waals surface area contributed by atoms with E-state index in [1.54, 1.807) is 29.3 Å². The Morgan fingerprint density at radius 1 is 1.00 bits per heavy atom. The molecule has 0 bridgehead atoms. The van der Waals surface area contributed by atoms with E-state index in [4.69, 9.17) is 11.6 Å². The van der Waals surface area contributed by atoms with Crippen LogP contribution in [0.25, 0.3) is 22.6 Å². The van der Waals surface area contributed by atoms with E-state index in [0.29, 0.717) is 40.2 Å². The van der Waals surface area contributed by atoms with Gasteiger partial charge in [-0.15, -0.1) is 0 Å². The van der Waals surface area contributed by atoms with Gasteiger partial charge in [-0.25, -0.2) is 17.8 Å². The maximum absolute atomic E-state index is 14.0. The fourth-order valence-corrected chi connectivity index (χ4v) is 6.50. The zero-order chi connectivity index (χ0) is 26.9. The van der Waals surface area contributed by atoms with Crippen molar-refractivity contribution < 1.29 is 17.6 Å². The van der Waals surface area contributed by atoms with E-state index < -0.39 is 15.8 Å². The number of halogens is 3. The molecule has 3 aromatic carbocycles. The number of carbonyl (C=O) groups is 1. The van der Waals surface area contributed by atoms with Gasteiger partial charge >= 0.3 is 0 Å². The topological polar surface area (TPSA) is 86.4 Å². The number of nitrogens with one attached hydrogen (secondary N) is 1. The number of hydrogen-bond acceptors (Lipinski definition) is 4. The second-order valence-corrected chi connectivity index (χ2v) is 12.0. The molecule has 0 radical (unpaired) electrons. The highest BCUT2D eigenvalue weighted by Crippen LogP contribution is 2.31. The maximum atomic E-state index is 14.0. The average molecular weight is 618 g/mol. The Labute approximate surface area is 233 Å². The number of rotatable bonds is 6. The molecule has 1 saturated heterocycles. The van der Waals surface area contributed by atoms with E-state index >= 15 is 0 Å². The van der Waals surface area contributed by atoms with Gasteiger partial charge in [0.15, 0.2) is 0 Å². The second-order valence-electron chi connectivity index (χ2n) is 8.87. The molecule has 0 unspecified atom stereocenters. The van der Waals surface area contributed by atoms with E-state index in [-0.39, 0.29) is 35.3 Å². The predicted octanol–water partition coefficient (Wildman–Crippen LogP) is 5.37. The fourth-order valence-electron chi connectivity index (χ4n) is 4.33.